The summed E-state index contributed by atoms with van der Waals surface area (Å²) in [4.78, 5) is 14.2. The van der Waals surface area contributed by atoms with Crippen molar-refractivity contribution in [2.24, 2.45) is 0 Å². The van der Waals surface area contributed by atoms with Gasteiger partial charge < -0.3 is 15.3 Å². The molecule has 0 saturated carbocycles. The second kappa shape index (κ2) is 3.55. The summed E-state index contributed by atoms with van der Waals surface area (Å²) in [7, 11) is 0. The van der Waals surface area contributed by atoms with Crippen molar-refractivity contribution < 1.29 is 9.90 Å². The van der Waals surface area contributed by atoms with Crippen LogP contribution in [0.4, 0.5) is 16.2 Å². The molecule has 0 saturated heterocycles. The average molecular weight is 229 g/mol. The summed E-state index contributed by atoms with van der Waals surface area (Å²) in [5.41, 5.74) is 2.98. The van der Waals surface area contributed by atoms with E-state index in [1.807, 2.05) is 35.5 Å². The van der Waals surface area contributed by atoms with E-state index in [0.29, 0.717) is 6.54 Å². The zero-order valence-electron chi connectivity index (χ0n) is 9.00. The first kappa shape index (κ1) is 9.77. The van der Waals surface area contributed by atoms with E-state index in [1.165, 1.54) is 4.90 Å². The largest absolute Gasteiger partial charge is 0.465 e. The normalized spacial score (nSPS) is 16.2. The lowest BCUT2D eigenvalue weighted by Gasteiger charge is -2.24. The van der Waals surface area contributed by atoms with Gasteiger partial charge in [0.2, 0.25) is 0 Å². The lowest BCUT2D eigenvalue weighted by molar-refractivity contribution is 0.161. The molecule has 0 radical (unpaired) electrons. The van der Waals surface area contributed by atoms with E-state index >= 15 is 0 Å². The van der Waals surface area contributed by atoms with Crippen molar-refractivity contribution in [3.05, 3.63) is 48.6 Å². The van der Waals surface area contributed by atoms with Gasteiger partial charge in [-0.25, -0.2) is 4.79 Å². The van der Waals surface area contributed by atoms with E-state index in [4.69, 9.17) is 5.11 Å². The van der Waals surface area contributed by atoms with Crippen molar-refractivity contribution in [1.29, 1.82) is 0 Å². The van der Waals surface area contributed by atoms with E-state index < -0.39 is 6.09 Å². The van der Waals surface area contributed by atoms with E-state index in [0.717, 1.165) is 16.9 Å². The fraction of sp³-hybridized carbons (Fsp3) is 0.0833. The number of carbonyl (C=O) groups is 1. The van der Waals surface area contributed by atoms with Crippen LogP contribution in [0.1, 0.15) is 5.56 Å². The Hall–Kier alpha value is -2.43. The van der Waals surface area contributed by atoms with Gasteiger partial charge in [-0.15, -0.1) is 0 Å². The fourth-order valence-electron chi connectivity index (χ4n) is 2.07. The number of benzene rings is 1. The molecule has 2 N–H and O–H groups in total. The van der Waals surface area contributed by atoms with E-state index in [1.54, 1.807) is 12.4 Å². The summed E-state index contributed by atoms with van der Waals surface area (Å²) < 4.78 is 0. The first-order chi connectivity index (χ1) is 8.25. The van der Waals surface area contributed by atoms with Gasteiger partial charge in [0, 0.05) is 24.8 Å². The van der Waals surface area contributed by atoms with Crippen molar-refractivity contribution >= 4 is 17.5 Å². The first-order valence-electron chi connectivity index (χ1n) is 5.27. The highest BCUT2D eigenvalue weighted by Gasteiger charge is 2.21. The van der Waals surface area contributed by atoms with Crippen LogP contribution in [0.2, 0.25) is 0 Å². The van der Waals surface area contributed by atoms with Gasteiger partial charge in [-0.3, -0.25) is 4.90 Å². The number of nitrogens with zero attached hydrogens (tertiary/aromatic N) is 2. The Morgan fingerprint density at radius 2 is 2.18 bits per heavy atom. The van der Waals surface area contributed by atoms with Crippen LogP contribution in [0.15, 0.2) is 43.0 Å². The van der Waals surface area contributed by atoms with E-state index in [-0.39, 0.29) is 0 Å². The van der Waals surface area contributed by atoms with Gasteiger partial charge in [0.05, 0.1) is 17.9 Å². The second-order valence-electron chi connectivity index (χ2n) is 3.89. The first-order valence-corrected chi connectivity index (χ1v) is 5.27. The molecular formula is C12H11N3O2. The van der Waals surface area contributed by atoms with Crippen molar-refractivity contribution in [2.75, 3.05) is 10.2 Å². The third-order valence-electron chi connectivity index (χ3n) is 2.85. The highest BCUT2D eigenvalue weighted by atomic mass is 16.4. The molecule has 0 aromatic heterocycles. The van der Waals surface area contributed by atoms with E-state index in [2.05, 4.69) is 5.32 Å². The average Bonchev–Trinajstić information content (AvgIpc) is 2.52. The molecule has 2 aliphatic heterocycles. The molecule has 0 spiro atoms. The number of hydrogen-bond acceptors (Lipinski definition) is 3. The highest BCUT2D eigenvalue weighted by Crippen LogP contribution is 2.35. The molecule has 86 valence electrons. The van der Waals surface area contributed by atoms with Gasteiger partial charge in [0.1, 0.15) is 0 Å². The molecule has 1 aromatic carbocycles. The van der Waals surface area contributed by atoms with Gasteiger partial charge in [0.25, 0.3) is 0 Å². The van der Waals surface area contributed by atoms with Crippen LogP contribution in [-0.4, -0.2) is 16.1 Å². The minimum atomic E-state index is -0.948. The van der Waals surface area contributed by atoms with Crippen LogP contribution in [0.5, 0.6) is 0 Å². The summed E-state index contributed by atoms with van der Waals surface area (Å²) in [6.45, 7) is 0.362. The standard InChI is InChI=1S/C12H11N3O2/c16-12(17)15-7-6-14-5-4-13-10-3-1-2-9(8-15)11(10)14/h1-7,13H,8H2,(H,16,17). The maximum absolute atomic E-state index is 11.0. The number of rotatable bonds is 0. The summed E-state index contributed by atoms with van der Waals surface area (Å²) in [6, 6.07) is 5.83. The Kier molecular flexibility index (Phi) is 2.04. The third kappa shape index (κ3) is 1.52. The Morgan fingerprint density at radius 1 is 1.29 bits per heavy atom. The molecule has 5 heteroatoms. The second-order valence-corrected chi connectivity index (χ2v) is 3.89. The number of amides is 1. The topological polar surface area (TPSA) is 55.8 Å². The number of para-hydroxylation sites is 1. The van der Waals surface area contributed by atoms with Crippen LogP contribution in [0, 0.1) is 0 Å². The molecule has 0 atom stereocenters. The smallest absolute Gasteiger partial charge is 0.411 e. The number of hydrogen-bond donors (Lipinski definition) is 2. The van der Waals surface area contributed by atoms with Gasteiger partial charge in [-0.05, 0) is 11.6 Å². The Morgan fingerprint density at radius 3 is 3.00 bits per heavy atom. The van der Waals surface area contributed by atoms with Crippen LogP contribution >= 0.6 is 0 Å². The molecule has 3 rings (SSSR count). The SMILES string of the molecule is O=C(O)N1C=CN2C=CNc3cccc(c32)C1. The number of anilines is 2. The molecule has 0 unspecified atom stereocenters. The number of carboxylic acid groups (broad SMARTS) is 1. The Labute approximate surface area is 98.3 Å². The molecule has 17 heavy (non-hydrogen) atoms. The Bertz CT molecular complexity index is 537. The van der Waals surface area contributed by atoms with Gasteiger partial charge in [-0.1, -0.05) is 12.1 Å². The molecule has 0 fully saturated rings. The quantitative estimate of drug-likeness (QED) is 0.717. The van der Waals surface area contributed by atoms with E-state index in [9.17, 15) is 4.79 Å². The molecule has 1 aromatic rings. The van der Waals surface area contributed by atoms with Gasteiger partial charge in [-0.2, -0.15) is 0 Å². The molecule has 0 aliphatic carbocycles. The minimum Gasteiger partial charge on any atom is -0.465 e. The van der Waals surface area contributed by atoms with Gasteiger partial charge >= 0.3 is 6.09 Å². The maximum atomic E-state index is 11.0. The van der Waals surface area contributed by atoms with Crippen LogP contribution in [0.25, 0.3) is 0 Å². The predicted octanol–water partition coefficient (Wildman–Crippen LogP) is 2.35. The third-order valence-corrected chi connectivity index (χ3v) is 2.85. The fourth-order valence-corrected chi connectivity index (χ4v) is 2.07. The van der Waals surface area contributed by atoms with Crippen molar-refractivity contribution in [2.45, 2.75) is 6.54 Å². The lowest BCUT2D eigenvalue weighted by atomic mass is 10.1. The summed E-state index contributed by atoms with van der Waals surface area (Å²) in [6.07, 6.45) is 6.07. The number of nitrogens with one attached hydrogen (secondary N) is 1. The zero-order chi connectivity index (χ0) is 11.8. The van der Waals surface area contributed by atoms with Crippen LogP contribution in [0.3, 0.4) is 0 Å². The van der Waals surface area contributed by atoms with Crippen LogP contribution < -0.4 is 10.2 Å². The monoisotopic (exact) mass is 229 g/mol. The van der Waals surface area contributed by atoms with Crippen molar-refractivity contribution in [1.82, 2.24) is 4.90 Å². The molecule has 0 bridgehead atoms. The Balaban J connectivity index is 2.13. The molecule has 2 aliphatic rings. The predicted molar refractivity (Wildman–Crippen MR) is 64.4 cm³/mol. The summed E-state index contributed by atoms with van der Waals surface area (Å²) in [5, 5.41) is 12.2. The molecule has 5 nitrogen and oxygen atoms in total. The summed E-state index contributed by atoms with van der Waals surface area (Å²) in [5.74, 6) is 0. The lowest BCUT2D eigenvalue weighted by Crippen LogP contribution is -2.22. The molecular weight excluding hydrogens is 218 g/mol. The van der Waals surface area contributed by atoms with Crippen molar-refractivity contribution in [3.8, 4) is 0 Å². The van der Waals surface area contributed by atoms with Crippen LogP contribution in [-0.2, 0) is 6.54 Å². The maximum Gasteiger partial charge on any atom is 0.411 e. The zero-order valence-corrected chi connectivity index (χ0v) is 9.00. The van der Waals surface area contributed by atoms with Gasteiger partial charge in [0.15, 0.2) is 0 Å². The minimum absolute atomic E-state index is 0.362. The molecule has 1 amide bonds. The highest BCUT2D eigenvalue weighted by molar-refractivity contribution is 5.80. The molecule has 2 heterocycles. The summed E-state index contributed by atoms with van der Waals surface area (Å²) >= 11 is 0. The van der Waals surface area contributed by atoms with Crippen molar-refractivity contribution in [3.63, 3.8) is 0 Å².